The summed E-state index contributed by atoms with van der Waals surface area (Å²) in [6, 6.07) is 0. The van der Waals surface area contributed by atoms with Crippen molar-refractivity contribution in [3.05, 3.63) is 12.3 Å². The summed E-state index contributed by atoms with van der Waals surface area (Å²) < 4.78 is 22.7. The predicted octanol–water partition coefficient (Wildman–Crippen LogP) is 3.25. The molecule has 0 atom stereocenters. The molecule has 0 aromatic heterocycles. The third kappa shape index (κ3) is 7.54. The van der Waals surface area contributed by atoms with Crippen LogP contribution in [0.5, 0.6) is 0 Å². The van der Waals surface area contributed by atoms with E-state index in [9.17, 15) is 0 Å². The second-order valence-electron chi connectivity index (χ2n) is 3.85. The van der Waals surface area contributed by atoms with Gasteiger partial charge in [0.05, 0.1) is 5.76 Å². The van der Waals surface area contributed by atoms with Crippen molar-refractivity contribution in [2.24, 2.45) is 0 Å². The van der Waals surface area contributed by atoms with Gasteiger partial charge in [-0.2, -0.15) is 0 Å². The maximum Gasteiger partial charge on any atom is 0.749 e. The second-order valence-corrected chi connectivity index (χ2v) is 5.92. The van der Waals surface area contributed by atoms with E-state index in [1.165, 1.54) is 0 Å². The second kappa shape index (κ2) is 9.64. The molecule has 0 fully saturated rings. The first-order chi connectivity index (χ1) is 8.10. The Morgan fingerprint density at radius 2 is 1.24 bits per heavy atom. The zero-order chi connectivity index (χ0) is 13.1. The smallest absolute Gasteiger partial charge is 0.485 e. The highest BCUT2D eigenvalue weighted by Gasteiger charge is 2.48. The molecule has 0 unspecified atom stereocenters. The number of rotatable bonds is 11. The van der Waals surface area contributed by atoms with Crippen molar-refractivity contribution in [3.8, 4) is 0 Å². The molecule has 102 valence electrons. The third-order valence-electron chi connectivity index (χ3n) is 1.75. The van der Waals surface area contributed by atoms with Gasteiger partial charge in [-0.15, -0.1) is 0 Å². The van der Waals surface area contributed by atoms with Crippen LogP contribution in [-0.4, -0.2) is 28.9 Å². The fraction of sp³-hybridized carbons (Fsp3) is 0.833. The van der Waals surface area contributed by atoms with Crippen molar-refractivity contribution in [2.45, 2.75) is 47.0 Å². The predicted molar refractivity (Wildman–Crippen MR) is 70.4 cm³/mol. The van der Waals surface area contributed by atoms with Gasteiger partial charge in [0.2, 0.25) is 0 Å². The SMILES string of the molecule is C=C(C)O[Si](OCCC)(OCCC)OCCC. The molecule has 0 aliphatic rings. The van der Waals surface area contributed by atoms with Gasteiger partial charge < -0.3 is 17.7 Å². The molecule has 0 saturated carbocycles. The van der Waals surface area contributed by atoms with Crippen LogP contribution in [0.3, 0.4) is 0 Å². The van der Waals surface area contributed by atoms with Crippen molar-refractivity contribution < 1.29 is 17.7 Å². The lowest BCUT2D eigenvalue weighted by molar-refractivity contribution is -0.0179. The highest BCUT2D eigenvalue weighted by Crippen LogP contribution is 2.16. The summed E-state index contributed by atoms with van der Waals surface area (Å²) in [5, 5.41) is 0. The fourth-order valence-electron chi connectivity index (χ4n) is 1.11. The van der Waals surface area contributed by atoms with Crippen molar-refractivity contribution in [3.63, 3.8) is 0 Å². The number of allylic oxidation sites excluding steroid dienone is 1. The minimum atomic E-state index is -3.02. The minimum absolute atomic E-state index is 0.569. The van der Waals surface area contributed by atoms with E-state index >= 15 is 0 Å². The molecule has 0 bridgehead atoms. The van der Waals surface area contributed by atoms with Crippen molar-refractivity contribution in [2.75, 3.05) is 19.8 Å². The molecule has 0 amide bonds. The monoisotopic (exact) mass is 262 g/mol. The summed E-state index contributed by atoms with van der Waals surface area (Å²) in [5.74, 6) is 0.569. The van der Waals surface area contributed by atoms with Gasteiger partial charge in [0, 0.05) is 19.8 Å². The van der Waals surface area contributed by atoms with Gasteiger partial charge in [-0.25, -0.2) is 0 Å². The lowest BCUT2D eigenvalue weighted by atomic mass is 10.5. The number of hydrogen-bond acceptors (Lipinski definition) is 4. The first kappa shape index (κ1) is 16.6. The van der Waals surface area contributed by atoms with Crippen LogP contribution in [0.1, 0.15) is 47.0 Å². The molecule has 4 nitrogen and oxygen atoms in total. The molecular weight excluding hydrogens is 236 g/mol. The Morgan fingerprint density at radius 3 is 1.47 bits per heavy atom. The van der Waals surface area contributed by atoms with E-state index in [0.717, 1.165) is 19.3 Å². The van der Waals surface area contributed by atoms with Gasteiger partial charge in [-0.3, -0.25) is 0 Å². The lowest BCUT2D eigenvalue weighted by Gasteiger charge is -2.28. The Balaban J connectivity index is 4.56. The quantitative estimate of drug-likeness (QED) is 0.423. The first-order valence-electron chi connectivity index (χ1n) is 6.36. The van der Waals surface area contributed by atoms with E-state index in [4.69, 9.17) is 17.7 Å². The molecular formula is C12H26O4Si. The van der Waals surface area contributed by atoms with Gasteiger partial charge in [-0.1, -0.05) is 27.4 Å². The Kier molecular flexibility index (Phi) is 9.44. The minimum Gasteiger partial charge on any atom is -0.485 e. The summed E-state index contributed by atoms with van der Waals surface area (Å²) in [6.07, 6.45) is 2.71. The maximum atomic E-state index is 5.71. The van der Waals surface area contributed by atoms with Crippen molar-refractivity contribution in [1.82, 2.24) is 0 Å². The van der Waals surface area contributed by atoms with E-state index in [0.29, 0.717) is 25.6 Å². The highest BCUT2D eigenvalue weighted by atomic mass is 28.4. The average molecular weight is 262 g/mol. The van der Waals surface area contributed by atoms with Gasteiger partial charge in [0.1, 0.15) is 0 Å². The Hall–Kier alpha value is -0.363. The molecule has 0 spiro atoms. The van der Waals surface area contributed by atoms with Crippen LogP contribution in [0.2, 0.25) is 0 Å². The van der Waals surface area contributed by atoms with Crippen LogP contribution < -0.4 is 0 Å². The molecule has 0 aliphatic carbocycles. The maximum absolute atomic E-state index is 5.71. The average Bonchev–Trinajstić information content (AvgIpc) is 2.30. The van der Waals surface area contributed by atoms with E-state index in [1.807, 2.05) is 20.8 Å². The van der Waals surface area contributed by atoms with Crippen LogP contribution in [0, 0.1) is 0 Å². The van der Waals surface area contributed by atoms with Crippen molar-refractivity contribution in [1.29, 1.82) is 0 Å². The van der Waals surface area contributed by atoms with Gasteiger partial charge in [0.25, 0.3) is 0 Å². The normalized spacial score (nSPS) is 11.5. The fourth-order valence-corrected chi connectivity index (χ4v) is 3.32. The summed E-state index contributed by atoms with van der Waals surface area (Å²) in [7, 11) is -3.02. The van der Waals surface area contributed by atoms with E-state index in [-0.39, 0.29) is 0 Å². The van der Waals surface area contributed by atoms with Crippen LogP contribution in [0.25, 0.3) is 0 Å². The van der Waals surface area contributed by atoms with Crippen LogP contribution in [-0.2, 0) is 17.7 Å². The summed E-state index contributed by atoms with van der Waals surface area (Å²) in [6.45, 7) is 13.4. The van der Waals surface area contributed by atoms with Gasteiger partial charge in [0.15, 0.2) is 0 Å². The molecule has 0 N–H and O–H groups in total. The molecule has 5 heteroatoms. The Bertz CT molecular complexity index is 187. The Labute approximate surface area is 106 Å². The van der Waals surface area contributed by atoms with E-state index < -0.39 is 9.05 Å². The largest absolute Gasteiger partial charge is 0.749 e. The molecule has 0 aliphatic heterocycles. The summed E-state index contributed by atoms with van der Waals surface area (Å²) >= 11 is 0. The zero-order valence-electron chi connectivity index (χ0n) is 11.6. The first-order valence-corrected chi connectivity index (χ1v) is 7.99. The summed E-state index contributed by atoms with van der Waals surface area (Å²) in [5.41, 5.74) is 0. The van der Waals surface area contributed by atoms with E-state index in [1.54, 1.807) is 6.92 Å². The highest BCUT2D eigenvalue weighted by molar-refractivity contribution is 6.53. The van der Waals surface area contributed by atoms with Crippen molar-refractivity contribution >= 4 is 9.05 Å². The zero-order valence-corrected chi connectivity index (χ0v) is 12.6. The third-order valence-corrected chi connectivity index (χ3v) is 4.02. The lowest BCUT2D eigenvalue weighted by Crippen LogP contribution is -2.49. The standard InChI is InChI=1S/C12H26O4Si/c1-6-9-13-17(14-10-7-2,15-11-8-3)16-12(4)5/h4,6-11H2,1-3,5H3. The number of hydrogen-bond donors (Lipinski definition) is 0. The molecule has 0 aromatic carbocycles. The topological polar surface area (TPSA) is 36.9 Å². The van der Waals surface area contributed by atoms with Gasteiger partial charge in [-0.05, 0) is 26.2 Å². The van der Waals surface area contributed by atoms with Crippen LogP contribution in [0.4, 0.5) is 0 Å². The Morgan fingerprint density at radius 1 is 0.882 bits per heavy atom. The molecule has 0 radical (unpaired) electrons. The van der Waals surface area contributed by atoms with E-state index in [2.05, 4.69) is 6.58 Å². The van der Waals surface area contributed by atoms with Gasteiger partial charge >= 0.3 is 9.05 Å². The molecule has 0 heterocycles. The molecule has 17 heavy (non-hydrogen) atoms. The molecule has 0 saturated heterocycles. The van der Waals surface area contributed by atoms with Crippen LogP contribution in [0.15, 0.2) is 12.3 Å². The molecule has 0 rings (SSSR count). The molecule has 0 aromatic rings. The van der Waals surface area contributed by atoms with Crippen LogP contribution >= 0.6 is 0 Å². The summed E-state index contributed by atoms with van der Waals surface area (Å²) in [4.78, 5) is 0.